The second-order valence-electron chi connectivity index (χ2n) is 7.71. The first-order valence-electron chi connectivity index (χ1n) is 10.4. The van der Waals surface area contributed by atoms with Crippen molar-refractivity contribution in [2.75, 3.05) is 0 Å². The third kappa shape index (κ3) is 4.63. The van der Waals surface area contributed by atoms with Gasteiger partial charge >= 0.3 is 11.4 Å². The van der Waals surface area contributed by atoms with Crippen LogP contribution in [0, 0.1) is 0 Å². The van der Waals surface area contributed by atoms with Gasteiger partial charge < -0.3 is 13.8 Å². The Balaban J connectivity index is 1.50. The molecule has 166 valence electrons. The fourth-order valence-corrected chi connectivity index (χ4v) is 3.92. The summed E-state index contributed by atoms with van der Waals surface area (Å²) < 4.78 is 14.1. The third-order valence-electron chi connectivity index (χ3n) is 5.39. The van der Waals surface area contributed by atoms with Crippen LogP contribution in [0.25, 0.3) is 10.9 Å². The van der Waals surface area contributed by atoms with Crippen LogP contribution in [0.1, 0.15) is 16.7 Å². The van der Waals surface area contributed by atoms with Crippen molar-refractivity contribution in [3.8, 4) is 5.75 Å². The zero-order chi connectivity index (χ0) is 22.8. The van der Waals surface area contributed by atoms with E-state index in [4.69, 9.17) is 20.9 Å². The number of fused-ring (bicyclic) bond motifs is 1. The van der Waals surface area contributed by atoms with Gasteiger partial charge in [0.15, 0.2) is 0 Å². The van der Waals surface area contributed by atoms with E-state index < -0.39 is 11.4 Å². The topological polar surface area (TPSA) is 82.2 Å². The number of hydrogen-bond donors (Lipinski definition) is 1. The summed E-state index contributed by atoms with van der Waals surface area (Å²) in [5.41, 5.74) is 3.39. The van der Waals surface area contributed by atoms with Crippen LogP contribution in [0.4, 0.5) is 0 Å². The summed E-state index contributed by atoms with van der Waals surface area (Å²) in [6.45, 7) is 1.18. The number of nitrogens with zero attached hydrogens (tertiary/aromatic N) is 2. The van der Waals surface area contributed by atoms with E-state index in [-0.39, 0.29) is 6.54 Å². The number of benzene rings is 3. The lowest BCUT2D eigenvalue weighted by Crippen LogP contribution is -2.17. The maximum atomic E-state index is 12.0. The molecule has 5 rings (SSSR count). The zero-order valence-electron chi connectivity index (χ0n) is 17.5. The molecule has 2 aromatic heterocycles. The van der Waals surface area contributed by atoms with Crippen LogP contribution in [0.15, 0.2) is 93.1 Å². The molecule has 0 spiro atoms. The van der Waals surface area contributed by atoms with Crippen molar-refractivity contribution in [3.05, 3.63) is 122 Å². The van der Waals surface area contributed by atoms with Gasteiger partial charge in [-0.15, -0.1) is 4.74 Å². The van der Waals surface area contributed by atoms with Crippen LogP contribution in [0.2, 0.25) is 5.02 Å². The molecule has 0 saturated heterocycles. The van der Waals surface area contributed by atoms with E-state index in [1.165, 1.54) is 0 Å². The Morgan fingerprint density at radius 2 is 1.70 bits per heavy atom. The van der Waals surface area contributed by atoms with Crippen molar-refractivity contribution in [3.63, 3.8) is 0 Å². The number of rotatable bonds is 7. The van der Waals surface area contributed by atoms with E-state index in [1.54, 1.807) is 0 Å². The molecule has 0 aliphatic rings. The lowest BCUT2D eigenvalue weighted by atomic mass is 10.1. The highest BCUT2D eigenvalue weighted by Crippen LogP contribution is 2.28. The molecular weight excluding hydrogens is 442 g/mol. The van der Waals surface area contributed by atoms with Gasteiger partial charge in [-0.25, -0.2) is 14.6 Å². The molecule has 0 fully saturated rings. The van der Waals surface area contributed by atoms with Gasteiger partial charge in [-0.1, -0.05) is 54.1 Å². The van der Waals surface area contributed by atoms with E-state index in [1.807, 2.05) is 66.9 Å². The summed E-state index contributed by atoms with van der Waals surface area (Å²) in [7, 11) is 0. The zero-order valence-corrected chi connectivity index (χ0v) is 18.3. The molecule has 0 aliphatic heterocycles. The molecule has 1 N–H and O–H groups in total. The standard InChI is InChI=1S/C25H20ClN3O4/c26-20-8-6-18(7-9-20)16-32-21-10-11-23-22(12-21)19(15-29-24(30)27-25(31)33-29)14-28(23)13-17-4-2-1-3-5-17/h1-12,14H,13,15-16H2,(H,27,30,31). The van der Waals surface area contributed by atoms with Crippen molar-refractivity contribution in [1.82, 2.24) is 14.3 Å². The van der Waals surface area contributed by atoms with E-state index in [2.05, 4.69) is 21.7 Å². The Kier molecular flexibility index (Phi) is 5.62. The highest BCUT2D eigenvalue weighted by atomic mass is 35.5. The molecule has 8 heteroatoms. The van der Waals surface area contributed by atoms with Gasteiger partial charge in [0.05, 0.1) is 6.54 Å². The Bertz CT molecular complexity index is 1510. The number of aromatic nitrogens is 3. The van der Waals surface area contributed by atoms with Crippen LogP contribution in [-0.4, -0.2) is 14.3 Å². The molecule has 0 atom stereocenters. The second kappa shape index (κ2) is 8.88. The minimum absolute atomic E-state index is 0.122. The van der Waals surface area contributed by atoms with Crippen LogP contribution >= 0.6 is 11.6 Å². The van der Waals surface area contributed by atoms with Crippen molar-refractivity contribution >= 4 is 22.5 Å². The Morgan fingerprint density at radius 3 is 2.42 bits per heavy atom. The molecule has 0 saturated carbocycles. The van der Waals surface area contributed by atoms with E-state index in [0.717, 1.165) is 32.3 Å². The first-order valence-corrected chi connectivity index (χ1v) is 10.8. The van der Waals surface area contributed by atoms with Gasteiger partial charge in [0.25, 0.3) is 0 Å². The van der Waals surface area contributed by atoms with Gasteiger partial charge in [-0.3, -0.25) is 0 Å². The lowest BCUT2D eigenvalue weighted by molar-refractivity contribution is 0.258. The molecule has 0 bridgehead atoms. The van der Waals surface area contributed by atoms with Gasteiger partial charge in [0.2, 0.25) is 0 Å². The number of H-pyrrole nitrogens is 1. The molecule has 0 aliphatic carbocycles. The molecule has 5 aromatic rings. The molecule has 2 heterocycles. The van der Waals surface area contributed by atoms with E-state index in [0.29, 0.717) is 23.9 Å². The lowest BCUT2D eigenvalue weighted by Gasteiger charge is -2.09. The smallest absolute Gasteiger partial charge is 0.440 e. The van der Waals surface area contributed by atoms with Crippen molar-refractivity contribution in [1.29, 1.82) is 0 Å². The Hall–Kier alpha value is -3.97. The number of ether oxygens (including phenoxy) is 1. The monoisotopic (exact) mass is 461 g/mol. The average Bonchev–Trinajstić information content (AvgIpc) is 3.32. The van der Waals surface area contributed by atoms with Crippen LogP contribution in [0.3, 0.4) is 0 Å². The van der Waals surface area contributed by atoms with Crippen molar-refractivity contribution in [2.45, 2.75) is 19.7 Å². The predicted octanol–water partition coefficient (Wildman–Crippen LogP) is 4.41. The van der Waals surface area contributed by atoms with E-state index in [9.17, 15) is 9.59 Å². The first kappa shape index (κ1) is 20.9. The summed E-state index contributed by atoms with van der Waals surface area (Å²) in [5, 5.41) is 1.59. The largest absolute Gasteiger partial charge is 0.489 e. The predicted molar refractivity (Wildman–Crippen MR) is 126 cm³/mol. The van der Waals surface area contributed by atoms with E-state index >= 15 is 0 Å². The van der Waals surface area contributed by atoms with Crippen molar-refractivity contribution < 1.29 is 9.26 Å². The van der Waals surface area contributed by atoms with Crippen LogP contribution < -0.4 is 16.2 Å². The van der Waals surface area contributed by atoms with Gasteiger partial charge in [-0.2, -0.15) is 0 Å². The fourth-order valence-electron chi connectivity index (χ4n) is 3.80. The summed E-state index contributed by atoms with van der Waals surface area (Å²) in [4.78, 5) is 25.6. The summed E-state index contributed by atoms with van der Waals surface area (Å²) in [6, 6.07) is 23.5. The Morgan fingerprint density at radius 1 is 0.909 bits per heavy atom. The summed E-state index contributed by atoms with van der Waals surface area (Å²) in [6.07, 6.45) is 1.97. The Labute approximate surface area is 193 Å². The quantitative estimate of drug-likeness (QED) is 0.389. The first-order chi connectivity index (χ1) is 16.0. The minimum atomic E-state index is -0.778. The molecule has 33 heavy (non-hydrogen) atoms. The number of hydrogen-bond acceptors (Lipinski definition) is 4. The molecule has 0 amide bonds. The van der Waals surface area contributed by atoms with Gasteiger partial charge in [-0.05, 0) is 41.5 Å². The minimum Gasteiger partial charge on any atom is -0.489 e. The van der Waals surface area contributed by atoms with Gasteiger partial charge in [0.1, 0.15) is 12.4 Å². The second-order valence-corrected chi connectivity index (χ2v) is 8.14. The number of aromatic amines is 1. The molecule has 0 unspecified atom stereocenters. The molecule has 0 radical (unpaired) electrons. The van der Waals surface area contributed by atoms with Crippen molar-refractivity contribution in [2.24, 2.45) is 0 Å². The molecular formula is C25H20ClN3O4. The molecule has 7 nitrogen and oxygen atoms in total. The summed E-state index contributed by atoms with van der Waals surface area (Å²) in [5.74, 6) is -0.0842. The maximum Gasteiger partial charge on any atom is 0.440 e. The number of halogens is 1. The highest BCUT2D eigenvalue weighted by molar-refractivity contribution is 6.30. The fraction of sp³-hybridized carbons (Fsp3) is 0.120. The average molecular weight is 462 g/mol. The number of nitrogens with one attached hydrogen (secondary N) is 1. The SMILES string of the molecule is O=c1[nH]c(=O)n(Cc2cn(Cc3ccccc3)c3ccc(OCc4ccc(Cl)cc4)cc23)o1. The third-order valence-corrected chi connectivity index (χ3v) is 5.64. The van der Waals surface area contributed by atoms with Gasteiger partial charge in [0, 0.05) is 34.2 Å². The maximum absolute atomic E-state index is 12.0. The highest BCUT2D eigenvalue weighted by Gasteiger charge is 2.14. The van der Waals surface area contributed by atoms with Crippen LogP contribution in [0.5, 0.6) is 5.75 Å². The van der Waals surface area contributed by atoms with Crippen LogP contribution in [-0.2, 0) is 19.7 Å². The summed E-state index contributed by atoms with van der Waals surface area (Å²) >= 11 is 5.95. The molecule has 3 aromatic carbocycles. The normalized spacial score (nSPS) is 11.2.